The fraction of sp³-hybridized carbons (Fsp3) is 0.409. The second-order valence-electron chi connectivity index (χ2n) is 7.60. The number of rotatable bonds is 4. The lowest BCUT2D eigenvalue weighted by Crippen LogP contribution is -2.39. The monoisotopic (exact) mass is 377 g/mol. The Morgan fingerprint density at radius 2 is 1.64 bits per heavy atom. The van der Waals surface area contributed by atoms with E-state index in [9.17, 15) is 0 Å². The van der Waals surface area contributed by atoms with Crippen molar-refractivity contribution in [1.29, 1.82) is 0 Å². The van der Waals surface area contributed by atoms with E-state index in [0.717, 1.165) is 54.7 Å². The Labute approximate surface area is 166 Å². The molecule has 4 rings (SSSR count). The fourth-order valence-electron chi connectivity index (χ4n) is 3.82. The number of ether oxygens (including phenoxy) is 1. The van der Waals surface area contributed by atoms with Crippen LogP contribution in [0.15, 0.2) is 36.7 Å². The van der Waals surface area contributed by atoms with E-state index in [2.05, 4.69) is 47.0 Å². The van der Waals surface area contributed by atoms with E-state index in [-0.39, 0.29) is 6.10 Å². The predicted molar refractivity (Wildman–Crippen MR) is 110 cm³/mol. The number of nitrogens with zero attached hydrogens (tertiary/aromatic N) is 5. The zero-order valence-electron chi connectivity index (χ0n) is 17.0. The average molecular weight is 377 g/mol. The highest BCUT2D eigenvalue weighted by molar-refractivity contribution is 5.42. The lowest BCUT2D eigenvalue weighted by atomic mass is 10.1. The van der Waals surface area contributed by atoms with Crippen molar-refractivity contribution in [3.05, 3.63) is 59.2 Å². The minimum absolute atomic E-state index is 0.239. The van der Waals surface area contributed by atoms with Crippen molar-refractivity contribution in [2.45, 2.75) is 46.6 Å². The zero-order valence-corrected chi connectivity index (χ0v) is 17.0. The molecule has 2 aromatic heterocycles. The highest BCUT2D eigenvalue weighted by Gasteiger charge is 2.23. The number of piperidine rings is 1. The molecule has 0 spiro atoms. The van der Waals surface area contributed by atoms with E-state index in [1.165, 1.54) is 11.1 Å². The number of aromatic nitrogens is 4. The summed E-state index contributed by atoms with van der Waals surface area (Å²) in [5.41, 5.74) is 4.44. The van der Waals surface area contributed by atoms with Crippen molar-refractivity contribution in [1.82, 2.24) is 19.7 Å². The van der Waals surface area contributed by atoms with E-state index in [4.69, 9.17) is 9.72 Å². The highest BCUT2D eigenvalue weighted by atomic mass is 16.5. The Balaban J connectivity index is 1.44. The van der Waals surface area contributed by atoms with E-state index in [0.29, 0.717) is 0 Å². The van der Waals surface area contributed by atoms with Gasteiger partial charge in [-0.05, 0) is 44.9 Å². The standard InChI is InChI=1S/C22H27N5O/c1-15-6-5-7-16(2)22(15)28-19-8-10-26(11-9-19)20-13-23-14-21(24-20)27-18(4)12-17(3)25-27/h5-7,12-14,19H,8-11H2,1-4H3. The van der Waals surface area contributed by atoms with Crippen LogP contribution in [0.25, 0.3) is 5.82 Å². The van der Waals surface area contributed by atoms with Crippen LogP contribution in [0.5, 0.6) is 5.75 Å². The first-order chi connectivity index (χ1) is 13.5. The minimum atomic E-state index is 0.239. The molecule has 0 bridgehead atoms. The first-order valence-corrected chi connectivity index (χ1v) is 9.85. The third-order valence-corrected chi connectivity index (χ3v) is 5.29. The van der Waals surface area contributed by atoms with Gasteiger partial charge in [-0.2, -0.15) is 5.10 Å². The van der Waals surface area contributed by atoms with Crippen LogP contribution in [0.1, 0.15) is 35.4 Å². The Kier molecular flexibility index (Phi) is 5.03. The van der Waals surface area contributed by atoms with Crippen LogP contribution in [-0.2, 0) is 0 Å². The number of hydrogen-bond donors (Lipinski definition) is 0. The molecule has 6 nitrogen and oxygen atoms in total. The Bertz CT molecular complexity index is 953. The van der Waals surface area contributed by atoms with Crippen LogP contribution in [0.3, 0.4) is 0 Å². The van der Waals surface area contributed by atoms with Crippen LogP contribution < -0.4 is 9.64 Å². The summed E-state index contributed by atoms with van der Waals surface area (Å²) in [6.45, 7) is 10.1. The number of aryl methyl sites for hydroxylation is 4. The molecule has 1 fully saturated rings. The molecule has 0 saturated carbocycles. The highest BCUT2D eigenvalue weighted by Crippen LogP contribution is 2.27. The largest absolute Gasteiger partial charge is 0.490 e. The fourth-order valence-corrected chi connectivity index (χ4v) is 3.82. The van der Waals surface area contributed by atoms with Gasteiger partial charge in [-0.25, -0.2) is 9.67 Å². The molecule has 1 aliphatic heterocycles. The molecule has 0 amide bonds. The molecular formula is C22H27N5O. The molecule has 1 aromatic carbocycles. The molecule has 1 saturated heterocycles. The number of hydrogen-bond acceptors (Lipinski definition) is 5. The summed E-state index contributed by atoms with van der Waals surface area (Å²) < 4.78 is 8.19. The van der Waals surface area contributed by atoms with Crippen molar-refractivity contribution < 1.29 is 4.74 Å². The van der Waals surface area contributed by atoms with Gasteiger partial charge in [0.15, 0.2) is 5.82 Å². The number of benzene rings is 1. The molecule has 6 heteroatoms. The summed E-state index contributed by atoms with van der Waals surface area (Å²) in [5.74, 6) is 2.69. The molecule has 0 N–H and O–H groups in total. The summed E-state index contributed by atoms with van der Waals surface area (Å²) >= 11 is 0. The summed E-state index contributed by atoms with van der Waals surface area (Å²) in [5, 5.41) is 4.52. The second-order valence-corrected chi connectivity index (χ2v) is 7.60. The molecule has 3 aromatic rings. The van der Waals surface area contributed by atoms with E-state index in [1.807, 2.05) is 30.8 Å². The summed E-state index contributed by atoms with van der Waals surface area (Å²) in [7, 11) is 0. The molecule has 0 unspecified atom stereocenters. The van der Waals surface area contributed by atoms with Gasteiger partial charge < -0.3 is 9.64 Å². The first kappa shape index (κ1) is 18.5. The van der Waals surface area contributed by atoms with Crippen LogP contribution in [-0.4, -0.2) is 38.9 Å². The van der Waals surface area contributed by atoms with Crippen LogP contribution in [0.2, 0.25) is 0 Å². The van der Waals surface area contributed by atoms with Gasteiger partial charge in [0, 0.05) is 31.6 Å². The SMILES string of the molecule is Cc1cc(C)n(-c2cncc(N3CCC(Oc4c(C)cccc4C)CC3)n2)n1. The number of anilines is 1. The lowest BCUT2D eigenvalue weighted by molar-refractivity contribution is 0.168. The summed E-state index contributed by atoms with van der Waals surface area (Å²) in [4.78, 5) is 11.5. The molecule has 1 aliphatic rings. The molecule has 0 atom stereocenters. The molecule has 0 aliphatic carbocycles. The van der Waals surface area contributed by atoms with Gasteiger partial charge in [0.25, 0.3) is 0 Å². The van der Waals surface area contributed by atoms with Gasteiger partial charge >= 0.3 is 0 Å². The maximum absolute atomic E-state index is 6.34. The Morgan fingerprint density at radius 1 is 0.964 bits per heavy atom. The van der Waals surface area contributed by atoms with E-state index < -0.39 is 0 Å². The molecular weight excluding hydrogens is 350 g/mol. The van der Waals surface area contributed by atoms with Crippen molar-refractivity contribution in [3.8, 4) is 11.6 Å². The Hall–Kier alpha value is -2.89. The van der Waals surface area contributed by atoms with Crippen LogP contribution in [0, 0.1) is 27.7 Å². The van der Waals surface area contributed by atoms with Gasteiger partial charge in [0.05, 0.1) is 18.1 Å². The van der Waals surface area contributed by atoms with Crippen molar-refractivity contribution in [3.63, 3.8) is 0 Å². The minimum Gasteiger partial charge on any atom is -0.490 e. The van der Waals surface area contributed by atoms with E-state index >= 15 is 0 Å². The van der Waals surface area contributed by atoms with Crippen molar-refractivity contribution in [2.75, 3.05) is 18.0 Å². The van der Waals surface area contributed by atoms with Crippen LogP contribution >= 0.6 is 0 Å². The molecule has 146 valence electrons. The van der Waals surface area contributed by atoms with Crippen LogP contribution in [0.4, 0.5) is 5.82 Å². The first-order valence-electron chi connectivity index (χ1n) is 9.85. The van der Waals surface area contributed by atoms with Gasteiger partial charge in [0.2, 0.25) is 0 Å². The van der Waals surface area contributed by atoms with Crippen molar-refractivity contribution >= 4 is 5.82 Å². The maximum atomic E-state index is 6.34. The normalized spacial score (nSPS) is 15.1. The molecule has 3 heterocycles. The van der Waals surface area contributed by atoms with Crippen molar-refractivity contribution in [2.24, 2.45) is 0 Å². The quantitative estimate of drug-likeness (QED) is 0.689. The van der Waals surface area contributed by atoms with Gasteiger partial charge in [-0.3, -0.25) is 4.98 Å². The average Bonchev–Trinajstić information content (AvgIpc) is 3.04. The second kappa shape index (κ2) is 7.62. The summed E-state index contributed by atoms with van der Waals surface area (Å²) in [6.07, 6.45) is 5.78. The zero-order chi connectivity index (χ0) is 19.7. The lowest BCUT2D eigenvalue weighted by Gasteiger charge is -2.33. The molecule has 28 heavy (non-hydrogen) atoms. The van der Waals surface area contributed by atoms with Gasteiger partial charge in [-0.1, -0.05) is 18.2 Å². The topological polar surface area (TPSA) is 56.1 Å². The third kappa shape index (κ3) is 3.72. The predicted octanol–water partition coefficient (Wildman–Crippen LogP) is 3.94. The van der Waals surface area contributed by atoms with E-state index in [1.54, 1.807) is 6.20 Å². The smallest absolute Gasteiger partial charge is 0.174 e. The van der Waals surface area contributed by atoms with Gasteiger partial charge in [-0.15, -0.1) is 0 Å². The number of para-hydroxylation sites is 1. The molecule has 0 radical (unpaired) electrons. The third-order valence-electron chi connectivity index (χ3n) is 5.29. The van der Waals surface area contributed by atoms with Gasteiger partial charge in [0.1, 0.15) is 17.7 Å². The maximum Gasteiger partial charge on any atom is 0.174 e. The Morgan fingerprint density at radius 3 is 2.29 bits per heavy atom. The summed E-state index contributed by atoms with van der Waals surface area (Å²) in [6, 6.07) is 8.34.